The van der Waals surface area contributed by atoms with Crippen molar-refractivity contribution in [2.75, 3.05) is 19.1 Å². The van der Waals surface area contributed by atoms with E-state index in [1.54, 1.807) is 0 Å². The largest absolute Gasteiger partial charge is 0.573 e. The first-order valence-electron chi connectivity index (χ1n) is 9.61. The highest BCUT2D eigenvalue weighted by molar-refractivity contribution is 6.31. The number of halogens is 4. The second-order valence-corrected chi connectivity index (χ2v) is 7.49. The molecule has 0 spiro atoms. The number of aliphatic hydroxyl groups is 1. The third-order valence-electron chi connectivity index (χ3n) is 4.84. The van der Waals surface area contributed by atoms with Gasteiger partial charge in [-0.1, -0.05) is 17.7 Å². The van der Waals surface area contributed by atoms with Gasteiger partial charge in [0.15, 0.2) is 0 Å². The zero-order chi connectivity index (χ0) is 26.0. The van der Waals surface area contributed by atoms with E-state index in [9.17, 15) is 32.7 Å². The first kappa shape index (κ1) is 25.8. The van der Waals surface area contributed by atoms with Crippen LogP contribution in [0.25, 0.3) is 0 Å². The summed E-state index contributed by atoms with van der Waals surface area (Å²) in [7, 11) is 2.03. The van der Waals surface area contributed by atoms with Crippen molar-refractivity contribution in [1.82, 2.24) is 5.43 Å². The number of hydrogen-bond donors (Lipinski definition) is 2. The number of carbonyl (C=O) groups excluding carboxylic acids is 3. The molecule has 0 aliphatic heterocycles. The van der Waals surface area contributed by atoms with Crippen LogP contribution in [0.15, 0.2) is 47.6 Å². The fraction of sp³-hybridized carbons (Fsp3) is 0.238. The van der Waals surface area contributed by atoms with Crippen LogP contribution in [0.1, 0.15) is 11.1 Å². The average molecular weight is 516 g/mol. The molecule has 0 radical (unpaired) electrons. The van der Waals surface area contributed by atoms with Crippen LogP contribution in [0.5, 0.6) is 5.75 Å². The highest BCUT2D eigenvalue weighted by atomic mass is 35.5. The number of imide groups is 1. The summed E-state index contributed by atoms with van der Waals surface area (Å²) in [6.07, 6.45) is -6.38. The van der Waals surface area contributed by atoms with Gasteiger partial charge in [-0.2, -0.15) is 10.0 Å². The lowest BCUT2D eigenvalue weighted by molar-refractivity contribution is -0.274. The predicted octanol–water partition coefficient (Wildman–Crippen LogP) is 3.39. The van der Waals surface area contributed by atoms with Gasteiger partial charge in [0, 0.05) is 17.0 Å². The maximum absolute atomic E-state index is 12.8. The number of methoxy groups -OCH3 is 2. The van der Waals surface area contributed by atoms with E-state index in [-0.39, 0.29) is 17.8 Å². The molecule has 186 valence electrons. The van der Waals surface area contributed by atoms with Crippen LogP contribution in [0, 0.1) is 0 Å². The monoisotopic (exact) mass is 515 g/mol. The molecule has 3 amide bonds. The standard InChI is InChI=1S/C21H17ClF3N3O7/c1-33-17(29)20(32)10-11-9-12(22)3-8-15(11)16(20)26-27-18(30)28(19(31)34-2)13-4-6-14(7-5-13)35-21(23,24)25/h3-9,32H,10H2,1-2H3,(H,27,30)/b26-16-. The van der Waals surface area contributed by atoms with Crippen molar-refractivity contribution in [3.8, 4) is 5.75 Å². The summed E-state index contributed by atoms with van der Waals surface area (Å²) in [5.41, 5.74) is 0.0571. The number of benzene rings is 2. The third kappa shape index (κ3) is 5.46. The molecule has 1 unspecified atom stereocenters. The van der Waals surface area contributed by atoms with E-state index >= 15 is 0 Å². The molecule has 0 saturated heterocycles. The molecule has 10 nitrogen and oxygen atoms in total. The predicted molar refractivity (Wildman–Crippen MR) is 115 cm³/mol. The van der Waals surface area contributed by atoms with Crippen molar-refractivity contribution in [3.63, 3.8) is 0 Å². The molecule has 0 saturated carbocycles. The van der Waals surface area contributed by atoms with Gasteiger partial charge in [-0.3, -0.25) is 0 Å². The Balaban J connectivity index is 1.93. The molecular formula is C21H17ClF3N3O7. The highest BCUT2D eigenvalue weighted by Crippen LogP contribution is 2.33. The number of fused-ring (bicyclic) bond motifs is 1. The molecule has 1 aliphatic carbocycles. The number of alkyl halides is 3. The maximum Gasteiger partial charge on any atom is 0.573 e. The topological polar surface area (TPSA) is 127 Å². The van der Waals surface area contributed by atoms with Gasteiger partial charge in [0.25, 0.3) is 0 Å². The van der Waals surface area contributed by atoms with Gasteiger partial charge < -0.3 is 19.3 Å². The molecule has 35 heavy (non-hydrogen) atoms. The van der Waals surface area contributed by atoms with Crippen molar-refractivity contribution in [2.24, 2.45) is 5.10 Å². The lowest BCUT2D eigenvalue weighted by atomic mass is 9.99. The second kappa shape index (κ2) is 9.80. The van der Waals surface area contributed by atoms with E-state index in [0.29, 0.717) is 21.0 Å². The van der Waals surface area contributed by atoms with Crippen LogP contribution in [0.2, 0.25) is 5.02 Å². The number of hydrazone groups is 1. The third-order valence-corrected chi connectivity index (χ3v) is 5.07. The van der Waals surface area contributed by atoms with Gasteiger partial charge in [-0.15, -0.1) is 13.2 Å². The van der Waals surface area contributed by atoms with Gasteiger partial charge in [-0.25, -0.2) is 19.8 Å². The Kier molecular flexibility index (Phi) is 7.22. The number of amides is 3. The summed E-state index contributed by atoms with van der Waals surface area (Å²) < 4.78 is 50.1. The smallest absolute Gasteiger partial charge is 0.467 e. The summed E-state index contributed by atoms with van der Waals surface area (Å²) in [6, 6.07) is 7.01. The molecule has 0 bridgehead atoms. The number of ether oxygens (including phenoxy) is 3. The van der Waals surface area contributed by atoms with Gasteiger partial charge in [-0.05, 0) is 42.0 Å². The number of urea groups is 1. The molecule has 2 aromatic rings. The van der Waals surface area contributed by atoms with E-state index in [2.05, 4.69) is 19.3 Å². The average Bonchev–Trinajstić information content (AvgIpc) is 3.08. The molecule has 0 fully saturated rings. The quantitative estimate of drug-likeness (QED) is 0.472. The summed E-state index contributed by atoms with van der Waals surface area (Å²) in [4.78, 5) is 37.8. The Morgan fingerprint density at radius 1 is 1.11 bits per heavy atom. The number of nitrogens with one attached hydrogen (secondary N) is 1. The number of anilines is 1. The zero-order valence-corrected chi connectivity index (χ0v) is 18.8. The maximum atomic E-state index is 12.8. The van der Waals surface area contributed by atoms with E-state index in [1.165, 1.54) is 18.2 Å². The van der Waals surface area contributed by atoms with Gasteiger partial charge in [0.05, 0.1) is 19.9 Å². The minimum absolute atomic E-state index is 0.189. The Hall–Kier alpha value is -3.84. The van der Waals surface area contributed by atoms with E-state index in [0.717, 1.165) is 38.5 Å². The number of hydrogen-bond acceptors (Lipinski definition) is 8. The number of carbonyl (C=O) groups is 3. The number of nitrogens with zero attached hydrogens (tertiary/aromatic N) is 2. The molecule has 0 heterocycles. The SMILES string of the molecule is COC(=O)N(C(=O)N/N=C1/c2ccc(Cl)cc2CC1(O)C(=O)OC)c1ccc(OC(F)(F)F)cc1. The van der Waals surface area contributed by atoms with Crippen LogP contribution < -0.4 is 15.1 Å². The van der Waals surface area contributed by atoms with Crippen molar-refractivity contribution >= 4 is 41.1 Å². The van der Waals surface area contributed by atoms with Gasteiger partial charge >= 0.3 is 24.5 Å². The minimum atomic E-state index is -4.94. The molecule has 2 N–H and O–H groups in total. The Morgan fingerprint density at radius 2 is 1.77 bits per heavy atom. The summed E-state index contributed by atoms with van der Waals surface area (Å²) in [5, 5.41) is 15.1. The molecule has 1 atom stereocenters. The second-order valence-electron chi connectivity index (χ2n) is 7.05. The van der Waals surface area contributed by atoms with Crippen molar-refractivity contribution in [1.29, 1.82) is 0 Å². The molecule has 2 aromatic carbocycles. The minimum Gasteiger partial charge on any atom is -0.467 e. The zero-order valence-electron chi connectivity index (χ0n) is 18.1. The Labute approximate surface area is 200 Å². The molecule has 0 aromatic heterocycles. The van der Waals surface area contributed by atoms with Gasteiger partial charge in [0.1, 0.15) is 11.5 Å². The van der Waals surface area contributed by atoms with Crippen LogP contribution in [-0.4, -0.2) is 55.1 Å². The van der Waals surface area contributed by atoms with Crippen LogP contribution in [-0.2, 0) is 20.7 Å². The highest BCUT2D eigenvalue weighted by Gasteiger charge is 2.50. The first-order chi connectivity index (χ1) is 16.4. The molecule has 1 aliphatic rings. The number of esters is 1. The van der Waals surface area contributed by atoms with Crippen molar-refractivity contribution < 1.29 is 46.9 Å². The Bertz CT molecular complexity index is 1190. The van der Waals surface area contributed by atoms with E-state index in [4.69, 9.17) is 11.6 Å². The summed E-state index contributed by atoms with van der Waals surface area (Å²) >= 11 is 5.98. The summed E-state index contributed by atoms with van der Waals surface area (Å²) in [6.45, 7) is 0. The van der Waals surface area contributed by atoms with Crippen LogP contribution >= 0.6 is 11.6 Å². The molecule has 3 rings (SSSR count). The normalized spacial score (nSPS) is 18.0. The lowest BCUT2D eigenvalue weighted by Gasteiger charge is -2.22. The van der Waals surface area contributed by atoms with Crippen LogP contribution in [0.4, 0.5) is 28.4 Å². The summed E-state index contributed by atoms with van der Waals surface area (Å²) in [5.74, 6) is -1.64. The molecule has 14 heteroatoms. The Morgan fingerprint density at radius 3 is 2.34 bits per heavy atom. The van der Waals surface area contributed by atoms with E-state index < -0.39 is 35.8 Å². The van der Waals surface area contributed by atoms with Crippen LogP contribution in [0.3, 0.4) is 0 Å². The van der Waals surface area contributed by atoms with Crippen molar-refractivity contribution in [3.05, 3.63) is 58.6 Å². The van der Waals surface area contributed by atoms with Crippen molar-refractivity contribution in [2.45, 2.75) is 18.4 Å². The number of rotatable bonds is 4. The molecular weight excluding hydrogens is 499 g/mol. The fourth-order valence-corrected chi connectivity index (χ4v) is 3.55. The van der Waals surface area contributed by atoms with E-state index in [1.807, 2.05) is 5.43 Å². The van der Waals surface area contributed by atoms with Gasteiger partial charge in [0.2, 0.25) is 5.60 Å². The lowest BCUT2D eigenvalue weighted by Crippen LogP contribution is -2.48. The fourth-order valence-electron chi connectivity index (χ4n) is 3.36. The first-order valence-corrected chi connectivity index (χ1v) is 9.99.